The quantitative estimate of drug-likeness (QED) is 0.350. The number of hydrogen-bond acceptors (Lipinski definition) is 4. The van der Waals surface area contributed by atoms with Gasteiger partial charge >= 0.3 is 5.97 Å². The molecular formula is C13H13IO4. The number of hydrogen-bond donors (Lipinski definition) is 0. The second-order valence-electron chi connectivity index (χ2n) is 3.64. The van der Waals surface area contributed by atoms with Gasteiger partial charge in [0.15, 0.2) is 17.5 Å². The molecule has 0 aliphatic rings. The fraction of sp³-hybridized carbons (Fsp3) is 0.308. The zero-order chi connectivity index (χ0) is 13.7. The van der Waals surface area contributed by atoms with Crippen molar-refractivity contribution in [2.24, 2.45) is 5.92 Å². The number of esters is 1. The fourth-order valence-electron chi connectivity index (χ4n) is 1.50. The summed E-state index contributed by atoms with van der Waals surface area (Å²) >= 11 is 1.99. The van der Waals surface area contributed by atoms with Crippen LogP contribution in [0.4, 0.5) is 0 Å². The molecule has 18 heavy (non-hydrogen) atoms. The summed E-state index contributed by atoms with van der Waals surface area (Å²) in [6.07, 6.45) is 0. The number of halogens is 1. The molecule has 0 saturated heterocycles. The van der Waals surface area contributed by atoms with Gasteiger partial charge in [-0.1, -0.05) is 18.2 Å². The van der Waals surface area contributed by atoms with Crippen molar-refractivity contribution in [2.75, 3.05) is 6.61 Å². The molecule has 5 heteroatoms. The zero-order valence-corrected chi connectivity index (χ0v) is 12.3. The lowest BCUT2D eigenvalue weighted by Gasteiger charge is -2.12. The number of Topliss-reactive ketones (excluding diaryl/α,β-unsaturated/α-hetero) is 2. The summed E-state index contributed by atoms with van der Waals surface area (Å²) in [7, 11) is 0. The van der Waals surface area contributed by atoms with E-state index in [1.807, 2.05) is 22.6 Å². The maximum absolute atomic E-state index is 12.2. The lowest BCUT2D eigenvalue weighted by molar-refractivity contribution is -0.148. The Morgan fingerprint density at radius 2 is 1.89 bits per heavy atom. The molecule has 1 aromatic rings. The highest BCUT2D eigenvalue weighted by Gasteiger charge is 2.33. The van der Waals surface area contributed by atoms with Gasteiger partial charge in [0.25, 0.3) is 0 Å². The van der Waals surface area contributed by atoms with Crippen LogP contribution in [-0.4, -0.2) is 24.1 Å². The van der Waals surface area contributed by atoms with Crippen LogP contribution in [0.5, 0.6) is 0 Å². The van der Waals surface area contributed by atoms with Crippen LogP contribution in [0.1, 0.15) is 24.2 Å². The molecule has 0 N–H and O–H groups in total. The molecule has 0 amide bonds. The minimum absolute atomic E-state index is 0.141. The average Bonchev–Trinajstić information content (AvgIpc) is 2.29. The van der Waals surface area contributed by atoms with E-state index in [4.69, 9.17) is 4.74 Å². The molecule has 0 aromatic heterocycles. The Balaban J connectivity index is 3.08. The van der Waals surface area contributed by atoms with E-state index in [9.17, 15) is 14.4 Å². The van der Waals surface area contributed by atoms with Gasteiger partial charge in [0.1, 0.15) is 0 Å². The number of ketones is 2. The molecule has 1 rings (SSSR count). The van der Waals surface area contributed by atoms with E-state index in [1.165, 1.54) is 6.92 Å². The highest BCUT2D eigenvalue weighted by atomic mass is 127. The summed E-state index contributed by atoms with van der Waals surface area (Å²) in [4.78, 5) is 35.3. The zero-order valence-electron chi connectivity index (χ0n) is 10.1. The van der Waals surface area contributed by atoms with Crippen molar-refractivity contribution in [3.63, 3.8) is 0 Å². The molecule has 0 aliphatic carbocycles. The largest absolute Gasteiger partial charge is 0.465 e. The third kappa shape index (κ3) is 3.38. The van der Waals surface area contributed by atoms with Crippen LogP contribution in [0, 0.1) is 9.49 Å². The topological polar surface area (TPSA) is 60.4 Å². The maximum Gasteiger partial charge on any atom is 0.324 e. The van der Waals surface area contributed by atoms with Crippen molar-refractivity contribution in [3.05, 3.63) is 33.4 Å². The Kier molecular flexibility index (Phi) is 5.46. The SMILES string of the molecule is CCOC(=O)C(C(C)=O)C(=O)c1ccccc1I. The summed E-state index contributed by atoms with van der Waals surface area (Å²) in [5.74, 6) is -3.15. The molecule has 1 aromatic carbocycles. The number of carbonyl (C=O) groups is 3. The molecule has 1 unspecified atom stereocenters. The summed E-state index contributed by atoms with van der Waals surface area (Å²) in [6, 6.07) is 6.82. The molecule has 0 fully saturated rings. The summed E-state index contributed by atoms with van der Waals surface area (Å²) < 4.78 is 5.47. The highest BCUT2D eigenvalue weighted by molar-refractivity contribution is 14.1. The molecule has 0 bridgehead atoms. The minimum Gasteiger partial charge on any atom is -0.465 e. The normalized spacial score (nSPS) is 11.7. The third-order valence-electron chi connectivity index (χ3n) is 2.33. The Hall–Kier alpha value is -1.24. The van der Waals surface area contributed by atoms with Gasteiger partial charge in [-0.25, -0.2) is 0 Å². The van der Waals surface area contributed by atoms with Gasteiger partial charge in [0.2, 0.25) is 0 Å². The fourth-order valence-corrected chi connectivity index (χ4v) is 2.15. The van der Waals surface area contributed by atoms with Crippen LogP contribution >= 0.6 is 22.6 Å². The first-order chi connectivity index (χ1) is 8.49. The van der Waals surface area contributed by atoms with Crippen molar-refractivity contribution in [3.8, 4) is 0 Å². The monoisotopic (exact) mass is 360 g/mol. The second kappa shape index (κ2) is 6.63. The molecule has 0 radical (unpaired) electrons. The molecule has 0 aliphatic heterocycles. The van der Waals surface area contributed by atoms with E-state index >= 15 is 0 Å². The predicted molar refractivity (Wildman–Crippen MR) is 74.3 cm³/mol. The van der Waals surface area contributed by atoms with Crippen LogP contribution in [0.3, 0.4) is 0 Å². The third-order valence-corrected chi connectivity index (χ3v) is 3.27. The number of ether oxygens (including phenoxy) is 1. The van der Waals surface area contributed by atoms with Gasteiger partial charge < -0.3 is 4.74 Å². The molecule has 96 valence electrons. The van der Waals surface area contributed by atoms with Crippen LogP contribution in [0.2, 0.25) is 0 Å². The van der Waals surface area contributed by atoms with E-state index in [2.05, 4.69) is 0 Å². The lowest BCUT2D eigenvalue weighted by Crippen LogP contribution is -2.32. The molecule has 0 heterocycles. The van der Waals surface area contributed by atoms with Crippen molar-refractivity contribution < 1.29 is 19.1 Å². The van der Waals surface area contributed by atoms with Crippen LogP contribution in [0.15, 0.2) is 24.3 Å². The molecule has 4 nitrogen and oxygen atoms in total. The maximum atomic E-state index is 12.2. The Labute approximate surface area is 119 Å². The number of benzene rings is 1. The first-order valence-corrected chi connectivity index (χ1v) is 6.52. The average molecular weight is 360 g/mol. The highest BCUT2D eigenvalue weighted by Crippen LogP contribution is 2.18. The van der Waals surface area contributed by atoms with Gasteiger partial charge in [-0.3, -0.25) is 14.4 Å². The van der Waals surface area contributed by atoms with Crippen LogP contribution in [0.25, 0.3) is 0 Å². The van der Waals surface area contributed by atoms with Crippen molar-refractivity contribution >= 4 is 40.1 Å². The number of rotatable bonds is 5. The smallest absolute Gasteiger partial charge is 0.324 e. The van der Waals surface area contributed by atoms with Gasteiger partial charge in [-0.15, -0.1) is 0 Å². The standard InChI is InChI=1S/C13H13IO4/c1-3-18-13(17)11(8(2)15)12(16)9-6-4-5-7-10(9)14/h4-7,11H,3H2,1-2H3. The molecular weight excluding hydrogens is 347 g/mol. The molecule has 1 atom stereocenters. The number of carbonyl (C=O) groups excluding carboxylic acids is 3. The van der Waals surface area contributed by atoms with Gasteiger partial charge in [-0.2, -0.15) is 0 Å². The first-order valence-electron chi connectivity index (χ1n) is 5.44. The van der Waals surface area contributed by atoms with Gasteiger partial charge in [0, 0.05) is 9.13 Å². The first kappa shape index (κ1) is 14.8. The van der Waals surface area contributed by atoms with E-state index in [0.717, 1.165) is 0 Å². The van der Waals surface area contributed by atoms with Gasteiger partial charge in [0.05, 0.1) is 6.61 Å². The van der Waals surface area contributed by atoms with E-state index in [0.29, 0.717) is 9.13 Å². The van der Waals surface area contributed by atoms with Crippen molar-refractivity contribution in [1.82, 2.24) is 0 Å². The van der Waals surface area contributed by atoms with E-state index in [1.54, 1.807) is 31.2 Å². The minimum atomic E-state index is -1.36. The van der Waals surface area contributed by atoms with Crippen molar-refractivity contribution in [2.45, 2.75) is 13.8 Å². The summed E-state index contributed by atoms with van der Waals surface area (Å²) in [5.41, 5.74) is 0.367. The molecule has 0 spiro atoms. The Morgan fingerprint density at radius 1 is 1.28 bits per heavy atom. The predicted octanol–water partition coefficient (Wildman–Crippen LogP) is 2.24. The van der Waals surface area contributed by atoms with Gasteiger partial charge in [-0.05, 0) is 42.5 Å². The Bertz CT molecular complexity index is 482. The van der Waals surface area contributed by atoms with Crippen LogP contribution < -0.4 is 0 Å². The van der Waals surface area contributed by atoms with E-state index < -0.39 is 23.5 Å². The second-order valence-corrected chi connectivity index (χ2v) is 4.80. The van der Waals surface area contributed by atoms with E-state index in [-0.39, 0.29) is 6.61 Å². The van der Waals surface area contributed by atoms with Crippen molar-refractivity contribution in [1.29, 1.82) is 0 Å². The summed E-state index contributed by atoms with van der Waals surface area (Å²) in [6.45, 7) is 2.99. The lowest BCUT2D eigenvalue weighted by atomic mass is 9.94. The van der Waals surface area contributed by atoms with Crippen LogP contribution in [-0.2, 0) is 14.3 Å². The Morgan fingerprint density at radius 3 is 2.39 bits per heavy atom. The molecule has 0 saturated carbocycles. The summed E-state index contributed by atoms with van der Waals surface area (Å²) in [5, 5.41) is 0.